The Morgan fingerprint density at radius 3 is 1.59 bits per heavy atom. The molecule has 0 heterocycles. The number of nitro groups is 1. The minimum Gasteiger partial charge on any atom is -0.444 e. The van der Waals surface area contributed by atoms with Crippen LogP contribution in [-0.2, 0) is 20.6 Å². The summed E-state index contributed by atoms with van der Waals surface area (Å²) in [5.74, 6) is 0. The van der Waals surface area contributed by atoms with E-state index in [1.54, 1.807) is 74.4 Å². The summed E-state index contributed by atoms with van der Waals surface area (Å²) in [6.07, 6.45) is -1.37. The second-order valence-electron chi connectivity index (χ2n) is 12.6. The van der Waals surface area contributed by atoms with Gasteiger partial charge in [-0.05, 0) is 74.3 Å². The molecule has 1 aromatic rings. The minimum absolute atomic E-state index is 0.0338. The van der Waals surface area contributed by atoms with Crippen LogP contribution in [0.1, 0.15) is 67.9 Å². The molecule has 232 valence electrons. The van der Waals surface area contributed by atoms with Crippen molar-refractivity contribution < 1.29 is 33.5 Å². The predicted octanol–water partition coefficient (Wildman–Crippen LogP) is 4.38. The van der Waals surface area contributed by atoms with Crippen LogP contribution in [-0.4, -0.2) is 83.7 Å². The number of nitrogens with one attached hydrogen (secondary N) is 3. The van der Waals surface area contributed by atoms with Gasteiger partial charge < -0.3 is 30.2 Å². The number of carbonyl (C=O) groups excluding carboxylic acids is 3. The van der Waals surface area contributed by atoms with Gasteiger partial charge in [-0.25, -0.2) is 14.4 Å². The lowest BCUT2D eigenvalue weighted by molar-refractivity contribution is -0.384. The minimum atomic E-state index is -0.712. The predicted molar refractivity (Wildman–Crippen MR) is 155 cm³/mol. The van der Waals surface area contributed by atoms with Gasteiger partial charge in [-0.1, -0.05) is 12.1 Å². The standard InChI is InChI=1S/C28H47N5O8/c1-26(2,3)39-23(34)29-14-16-32(17-15-30-24(35)40-27(4,5)6)19-21(31-25(36)41-28(7,8)9)18-20-10-12-22(13-11-20)33(37)38/h10-13,21H,14-19H2,1-9H3,(H,29,34)(H,30,35)(H,31,36). The van der Waals surface area contributed by atoms with Crippen molar-refractivity contribution in [2.45, 2.75) is 91.6 Å². The summed E-state index contributed by atoms with van der Waals surface area (Å²) in [4.78, 5) is 49.5. The number of carbonyl (C=O) groups is 3. The van der Waals surface area contributed by atoms with Crippen molar-refractivity contribution in [3.8, 4) is 0 Å². The summed E-state index contributed by atoms with van der Waals surface area (Å²) < 4.78 is 16.1. The topological polar surface area (TPSA) is 161 Å². The molecular weight excluding hydrogens is 534 g/mol. The molecule has 3 amide bonds. The molecule has 0 saturated heterocycles. The van der Waals surface area contributed by atoms with E-state index >= 15 is 0 Å². The second kappa shape index (κ2) is 15.4. The fourth-order valence-electron chi connectivity index (χ4n) is 3.54. The van der Waals surface area contributed by atoms with Gasteiger partial charge in [0.2, 0.25) is 0 Å². The van der Waals surface area contributed by atoms with Crippen LogP contribution in [0.2, 0.25) is 0 Å². The lowest BCUT2D eigenvalue weighted by Crippen LogP contribution is -2.49. The zero-order valence-corrected chi connectivity index (χ0v) is 25.8. The summed E-state index contributed by atoms with van der Waals surface area (Å²) in [5, 5.41) is 19.4. The normalized spacial score (nSPS) is 12.7. The number of nitro benzene ring substituents is 1. The molecule has 1 rings (SSSR count). The molecule has 13 heteroatoms. The Morgan fingerprint density at radius 1 is 0.780 bits per heavy atom. The Balaban J connectivity index is 3.03. The van der Waals surface area contributed by atoms with Crippen LogP contribution < -0.4 is 16.0 Å². The maximum absolute atomic E-state index is 12.7. The zero-order chi connectivity index (χ0) is 31.4. The smallest absolute Gasteiger partial charge is 0.407 e. The maximum Gasteiger partial charge on any atom is 0.407 e. The van der Waals surface area contributed by atoms with Gasteiger partial charge in [-0.2, -0.15) is 0 Å². The number of nitrogens with zero attached hydrogens (tertiary/aromatic N) is 2. The van der Waals surface area contributed by atoms with Crippen LogP contribution in [0, 0.1) is 10.1 Å². The van der Waals surface area contributed by atoms with Gasteiger partial charge in [0.05, 0.1) is 4.92 Å². The Kier molecular flexibility index (Phi) is 13.3. The van der Waals surface area contributed by atoms with Crippen LogP contribution in [0.4, 0.5) is 20.1 Å². The van der Waals surface area contributed by atoms with Crippen LogP contribution >= 0.6 is 0 Å². The van der Waals surface area contributed by atoms with E-state index in [-0.39, 0.29) is 18.8 Å². The molecule has 0 aliphatic rings. The molecule has 0 spiro atoms. The molecule has 0 radical (unpaired) electrons. The fraction of sp³-hybridized carbons (Fsp3) is 0.679. The van der Waals surface area contributed by atoms with Crippen molar-refractivity contribution in [1.29, 1.82) is 0 Å². The lowest BCUT2D eigenvalue weighted by atomic mass is 10.0. The van der Waals surface area contributed by atoms with Gasteiger partial charge >= 0.3 is 18.3 Å². The van der Waals surface area contributed by atoms with E-state index in [1.165, 1.54) is 12.1 Å². The van der Waals surface area contributed by atoms with E-state index in [0.717, 1.165) is 5.56 Å². The summed E-state index contributed by atoms with van der Waals surface area (Å²) in [6.45, 7) is 17.5. The molecule has 1 atom stereocenters. The highest BCUT2D eigenvalue weighted by Gasteiger charge is 2.23. The van der Waals surface area contributed by atoms with Crippen molar-refractivity contribution in [3.63, 3.8) is 0 Å². The number of hydrogen-bond donors (Lipinski definition) is 3. The van der Waals surface area contributed by atoms with Crippen molar-refractivity contribution in [2.24, 2.45) is 0 Å². The van der Waals surface area contributed by atoms with Crippen LogP contribution in [0.5, 0.6) is 0 Å². The van der Waals surface area contributed by atoms with Gasteiger partial charge in [0.25, 0.3) is 5.69 Å². The number of benzene rings is 1. The molecule has 0 fully saturated rings. The molecule has 0 aliphatic heterocycles. The van der Waals surface area contributed by atoms with Crippen molar-refractivity contribution in [2.75, 3.05) is 32.7 Å². The molecule has 0 aliphatic carbocycles. The summed E-state index contributed by atoms with van der Waals surface area (Å²) >= 11 is 0. The highest BCUT2D eigenvalue weighted by atomic mass is 16.6. The number of hydrogen-bond acceptors (Lipinski definition) is 9. The third-order valence-corrected chi connectivity index (χ3v) is 5.02. The van der Waals surface area contributed by atoms with E-state index in [4.69, 9.17) is 14.2 Å². The van der Waals surface area contributed by atoms with Crippen LogP contribution in [0.25, 0.3) is 0 Å². The first-order chi connectivity index (χ1) is 18.7. The van der Waals surface area contributed by atoms with Gasteiger partial charge in [-0.3, -0.25) is 15.0 Å². The van der Waals surface area contributed by atoms with E-state index < -0.39 is 46.0 Å². The lowest BCUT2D eigenvalue weighted by Gasteiger charge is -2.30. The van der Waals surface area contributed by atoms with Crippen LogP contribution in [0.3, 0.4) is 0 Å². The Bertz CT molecular complexity index is 976. The second-order valence-corrected chi connectivity index (χ2v) is 12.6. The number of ether oxygens (including phenoxy) is 3. The number of amides is 3. The Morgan fingerprint density at radius 2 is 1.20 bits per heavy atom. The molecule has 13 nitrogen and oxygen atoms in total. The average Bonchev–Trinajstić information content (AvgIpc) is 2.75. The molecular formula is C28H47N5O8. The molecule has 3 N–H and O–H groups in total. The van der Waals surface area contributed by atoms with Crippen LogP contribution in [0.15, 0.2) is 24.3 Å². The van der Waals surface area contributed by atoms with Gasteiger partial charge in [0, 0.05) is 50.9 Å². The summed E-state index contributed by atoms with van der Waals surface area (Å²) in [7, 11) is 0. The molecule has 1 aromatic carbocycles. The third-order valence-electron chi connectivity index (χ3n) is 5.02. The summed E-state index contributed by atoms with van der Waals surface area (Å²) in [5.41, 5.74) is -1.26. The Hall–Kier alpha value is -3.61. The highest BCUT2D eigenvalue weighted by molar-refractivity contribution is 5.68. The first-order valence-corrected chi connectivity index (χ1v) is 13.6. The number of alkyl carbamates (subject to hydrolysis) is 3. The maximum atomic E-state index is 12.7. The molecule has 0 saturated carbocycles. The van der Waals surface area contributed by atoms with Crippen molar-refractivity contribution >= 4 is 24.0 Å². The van der Waals surface area contributed by atoms with E-state index in [0.29, 0.717) is 26.1 Å². The number of rotatable bonds is 12. The highest BCUT2D eigenvalue weighted by Crippen LogP contribution is 2.15. The largest absolute Gasteiger partial charge is 0.444 e. The van der Waals surface area contributed by atoms with E-state index in [1.807, 2.05) is 4.90 Å². The number of non-ortho nitro benzene ring substituents is 1. The third kappa shape index (κ3) is 17.6. The van der Waals surface area contributed by atoms with Gasteiger partial charge in [0.15, 0.2) is 0 Å². The molecule has 0 aromatic heterocycles. The Labute approximate surface area is 242 Å². The first kappa shape index (κ1) is 35.4. The average molecular weight is 582 g/mol. The summed E-state index contributed by atoms with van der Waals surface area (Å²) in [6, 6.07) is 5.63. The monoisotopic (exact) mass is 581 g/mol. The SMILES string of the molecule is CC(C)(C)OC(=O)NCCN(CCNC(=O)OC(C)(C)C)CC(Cc1ccc([N+](=O)[O-])cc1)NC(=O)OC(C)(C)C. The molecule has 1 unspecified atom stereocenters. The molecule has 41 heavy (non-hydrogen) atoms. The van der Waals surface area contributed by atoms with Gasteiger partial charge in [0.1, 0.15) is 16.8 Å². The van der Waals surface area contributed by atoms with E-state index in [9.17, 15) is 24.5 Å². The quantitative estimate of drug-likeness (QED) is 0.185. The molecule has 0 bridgehead atoms. The zero-order valence-electron chi connectivity index (χ0n) is 25.8. The van der Waals surface area contributed by atoms with E-state index in [2.05, 4.69) is 16.0 Å². The van der Waals surface area contributed by atoms with Crippen molar-refractivity contribution in [1.82, 2.24) is 20.9 Å². The fourth-order valence-corrected chi connectivity index (χ4v) is 3.54. The van der Waals surface area contributed by atoms with Crippen molar-refractivity contribution in [3.05, 3.63) is 39.9 Å². The first-order valence-electron chi connectivity index (χ1n) is 13.6. The van der Waals surface area contributed by atoms with Gasteiger partial charge in [-0.15, -0.1) is 0 Å².